The minimum Gasteiger partial charge on any atom is -0.505 e. The SMILES string of the molecule is COC=CCc1ccc(Nc2[nH]c(=O)nc3ncccc23)cc1. The Bertz CT molecular complexity index is 885. The monoisotopic (exact) mass is 308 g/mol. The van der Waals surface area contributed by atoms with Crippen molar-refractivity contribution in [3.63, 3.8) is 0 Å². The standard InChI is InChI=1S/C17H16N4O2/c1-23-11-3-4-12-6-8-13(9-7-12)19-16-14-5-2-10-18-15(14)20-17(22)21-16/h2-3,5-11H,4H2,1H3,(H2,18,19,20,21,22). The third kappa shape index (κ3) is 3.55. The number of aromatic nitrogens is 3. The van der Waals surface area contributed by atoms with E-state index < -0.39 is 5.69 Å². The first-order valence-corrected chi connectivity index (χ1v) is 7.15. The number of allylic oxidation sites excluding steroid dienone is 1. The van der Waals surface area contributed by atoms with Gasteiger partial charge in [0.15, 0.2) is 5.65 Å². The van der Waals surface area contributed by atoms with Crippen LogP contribution >= 0.6 is 0 Å². The Kier molecular flexibility index (Phi) is 4.33. The van der Waals surface area contributed by atoms with Crippen LogP contribution in [0.5, 0.6) is 0 Å². The lowest BCUT2D eigenvalue weighted by Crippen LogP contribution is -2.13. The minimum absolute atomic E-state index is 0.417. The van der Waals surface area contributed by atoms with Crippen LogP contribution in [0.4, 0.5) is 11.5 Å². The number of anilines is 2. The first kappa shape index (κ1) is 14.8. The largest absolute Gasteiger partial charge is 0.505 e. The summed E-state index contributed by atoms with van der Waals surface area (Å²) in [5.74, 6) is 0.583. The molecule has 6 heteroatoms. The molecule has 0 aliphatic rings. The molecule has 3 aromatic rings. The van der Waals surface area contributed by atoms with Crippen molar-refractivity contribution >= 4 is 22.5 Å². The molecule has 0 unspecified atom stereocenters. The number of nitrogens with zero attached hydrogens (tertiary/aromatic N) is 2. The van der Waals surface area contributed by atoms with Gasteiger partial charge < -0.3 is 10.1 Å². The summed E-state index contributed by atoms with van der Waals surface area (Å²) in [6, 6.07) is 11.6. The predicted octanol–water partition coefficient (Wildman–Crippen LogP) is 2.76. The number of H-pyrrole nitrogens is 1. The molecule has 1 aromatic carbocycles. The van der Waals surface area contributed by atoms with E-state index in [0.29, 0.717) is 11.5 Å². The summed E-state index contributed by atoms with van der Waals surface area (Å²) in [7, 11) is 1.62. The Labute approximate surface area is 132 Å². The summed E-state index contributed by atoms with van der Waals surface area (Å²) in [4.78, 5) is 22.3. The van der Waals surface area contributed by atoms with E-state index in [1.165, 1.54) is 5.56 Å². The number of aromatic amines is 1. The average Bonchev–Trinajstić information content (AvgIpc) is 2.56. The molecule has 0 saturated heterocycles. The Balaban J connectivity index is 1.85. The van der Waals surface area contributed by atoms with Crippen LogP contribution in [0, 0.1) is 0 Å². The maximum Gasteiger partial charge on any atom is 0.348 e. The molecule has 0 saturated carbocycles. The van der Waals surface area contributed by atoms with Crippen molar-refractivity contribution in [2.75, 3.05) is 12.4 Å². The molecule has 0 aliphatic heterocycles. The van der Waals surface area contributed by atoms with Gasteiger partial charge in [-0.2, -0.15) is 4.98 Å². The van der Waals surface area contributed by atoms with Crippen LogP contribution in [0.3, 0.4) is 0 Å². The fraction of sp³-hybridized carbons (Fsp3) is 0.118. The number of benzene rings is 1. The second-order valence-corrected chi connectivity index (χ2v) is 4.93. The molecule has 3 rings (SSSR count). The highest BCUT2D eigenvalue weighted by molar-refractivity contribution is 5.87. The summed E-state index contributed by atoms with van der Waals surface area (Å²) in [5, 5.41) is 3.97. The maximum absolute atomic E-state index is 11.6. The fourth-order valence-electron chi connectivity index (χ4n) is 2.23. The number of rotatable bonds is 5. The van der Waals surface area contributed by atoms with E-state index >= 15 is 0 Å². The Hall–Kier alpha value is -3.15. The number of ether oxygens (including phenoxy) is 1. The first-order chi connectivity index (χ1) is 11.3. The van der Waals surface area contributed by atoms with Gasteiger partial charge in [-0.3, -0.25) is 4.98 Å². The molecule has 0 bridgehead atoms. The molecule has 2 heterocycles. The van der Waals surface area contributed by atoms with Crippen molar-refractivity contribution in [1.82, 2.24) is 15.0 Å². The van der Waals surface area contributed by atoms with E-state index in [4.69, 9.17) is 4.74 Å². The van der Waals surface area contributed by atoms with Crippen LogP contribution in [0.1, 0.15) is 5.56 Å². The zero-order chi connectivity index (χ0) is 16.1. The Morgan fingerprint density at radius 3 is 2.87 bits per heavy atom. The molecule has 0 fully saturated rings. The third-order valence-corrected chi connectivity index (χ3v) is 3.30. The van der Waals surface area contributed by atoms with Gasteiger partial charge in [0, 0.05) is 11.9 Å². The van der Waals surface area contributed by atoms with Gasteiger partial charge >= 0.3 is 5.69 Å². The lowest BCUT2D eigenvalue weighted by molar-refractivity contribution is 0.337. The van der Waals surface area contributed by atoms with Crippen LogP contribution < -0.4 is 11.0 Å². The molecule has 0 spiro atoms. The van der Waals surface area contributed by atoms with Crippen molar-refractivity contribution in [3.8, 4) is 0 Å². The molecule has 0 aliphatic carbocycles. The number of nitrogens with one attached hydrogen (secondary N) is 2. The van der Waals surface area contributed by atoms with Crippen LogP contribution in [-0.2, 0) is 11.2 Å². The van der Waals surface area contributed by atoms with E-state index in [1.54, 1.807) is 25.6 Å². The van der Waals surface area contributed by atoms with Gasteiger partial charge in [-0.25, -0.2) is 9.78 Å². The smallest absolute Gasteiger partial charge is 0.348 e. The summed E-state index contributed by atoms with van der Waals surface area (Å²) in [6.07, 6.45) is 6.02. The van der Waals surface area contributed by atoms with E-state index in [0.717, 1.165) is 17.5 Å². The van der Waals surface area contributed by atoms with E-state index in [1.807, 2.05) is 36.4 Å². The zero-order valence-electron chi connectivity index (χ0n) is 12.6. The van der Waals surface area contributed by atoms with Gasteiger partial charge in [0.2, 0.25) is 0 Å². The minimum atomic E-state index is -0.431. The maximum atomic E-state index is 11.6. The summed E-state index contributed by atoms with van der Waals surface area (Å²) in [6.45, 7) is 0. The second kappa shape index (κ2) is 6.74. The fourth-order valence-corrected chi connectivity index (χ4v) is 2.23. The van der Waals surface area contributed by atoms with Crippen molar-refractivity contribution in [2.24, 2.45) is 0 Å². The van der Waals surface area contributed by atoms with Crippen LogP contribution in [0.25, 0.3) is 11.0 Å². The van der Waals surface area contributed by atoms with Gasteiger partial charge in [-0.1, -0.05) is 12.1 Å². The molecular formula is C17H16N4O2. The van der Waals surface area contributed by atoms with Crippen molar-refractivity contribution < 1.29 is 4.74 Å². The highest BCUT2D eigenvalue weighted by Gasteiger charge is 2.05. The van der Waals surface area contributed by atoms with Crippen LogP contribution in [-0.4, -0.2) is 22.1 Å². The molecule has 0 atom stereocenters. The number of methoxy groups -OCH3 is 1. The van der Waals surface area contributed by atoms with Gasteiger partial charge in [0.25, 0.3) is 0 Å². The first-order valence-electron chi connectivity index (χ1n) is 7.15. The molecule has 23 heavy (non-hydrogen) atoms. The van der Waals surface area contributed by atoms with Gasteiger partial charge in [-0.05, 0) is 42.3 Å². The topological polar surface area (TPSA) is 79.9 Å². The zero-order valence-corrected chi connectivity index (χ0v) is 12.6. The highest BCUT2D eigenvalue weighted by atomic mass is 16.5. The summed E-state index contributed by atoms with van der Waals surface area (Å²) >= 11 is 0. The van der Waals surface area contributed by atoms with Gasteiger partial charge in [0.05, 0.1) is 18.8 Å². The van der Waals surface area contributed by atoms with Crippen molar-refractivity contribution in [3.05, 3.63) is 71.0 Å². The molecule has 2 N–H and O–H groups in total. The molecule has 6 nitrogen and oxygen atoms in total. The van der Waals surface area contributed by atoms with Crippen LogP contribution in [0.15, 0.2) is 59.7 Å². The molecule has 2 aromatic heterocycles. The lowest BCUT2D eigenvalue weighted by Gasteiger charge is -2.09. The van der Waals surface area contributed by atoms with Gasteiger partial charge in [-0.15, -0.1) is 0 Å². The lowest BCUT2D eigenvalue weighted by atomic mass is 10.1. The normalized spacial score (nSPS) is 11.0. The summed E-state index contributed by atoms with van der Waals surface area (Å²) in [5.41, 5.74) is 2.02. The molecule has 116 valence electrons. The van der Waals surface area contributed by atoms with E-state index in [2.05, 4.69) is 20.3 Å². The number of pyridine rings is 1. The third-order valence-electron chi connectivity index (χ3n) is 3.30. The van der Waals surface area contributed by atoms with Crippen molar-refractivity contribution in [2.45, 2.75) is 6.42 Å². The summed E-state index contributed by atoms with van der Waals surface area (Å²) < 4.78 is 4.88. The van der Waals surface area contributed by atoms with Gasteiger partial charge in [0.1, 0.15) is 5.82 Å². The predicted molar refractivity (Wildman–Crippen MR) is 89.7 cm³/mol. The molecule has 0 radical (unpaired) electrons. The number of fused-ring (bicyclic) bond motifs is 1. The quantitative estimate of drug-likeness (QED) is 0.708. The highest BCUT2D eigenvalue weighted by Crippen LogP contribution is 2.21. The molecule has 0 amide bonds. The van der Waals surface area contributed by atoms with E-state index in [-0.39, 0.29) is 0 Å². The second-order valence-electron chi connectivity index (χ2n) is 4.93. The van der Waals surface area contributed by atoms with E-state index in [9.17, 15) is 4.79 Å². The Morgan fingerprint density at radius 2 is 2.09 bits per heavy atom. The Morgan fingerprint density at radius 1 is 1.26 bits per heavy atom. The van der Waals surface area contributed by atoms with Crippen molar-refractivity contribution in [1.29, 1.82) is 0 Å². The number of hydrogen-bond donors (Lipinski definition) is 2. The van der Waals surface area contributed by atoms with Crippen LogP contribution in [0.2, 0.25) is 0 Å². The molecular weight excluding hydrogens is 292 g/mol. The number of hydrogen-bond acceptors (Lipinski definition) is 5. The average molecular weight is 308 g/mol.